The largest absolute Gasteiger partial charge is 0.205 e. The van der Waals surface area contributed by atoms with Gasteiger partial charge in [0.05, 0.1) is 5.02 Å². The number of rotatable bonds is 3. The minimum atomic E-state index is -0.312. The molecule has 0 aliphatic carbocycles. The van der Waals surface area contributed by atoms with Crippen molar-refractivity contribution in [3.05, 3.63) is 64.9 Å². The first-order chi connectivity index (χ1) is 7.77. The molecular weight excluding hydrogens is 243 g/mol. The van der Waals surface area contributed by atoms with Crippen molar-refractivity contribution >= 4 is 23.4 Å². The Balaban J connectivity index is 2.08. The number of hydrogen-bond acceptors (Lipinski definition) is 1. The highest BCUT2D eigenvalue weighted by atomic mass is 35.5. The lowest BCUT2D eigenvalue weighted by atomic mass is 10.2. The molecule has 0 spiro atoms. The quantitative estimate of drug-likeness (QED) is 0.709. The first-order valence-corrected chi connectivity index (χ1v) is 6.24. The van der Waals surface area contributed by atoms with Crippen molar-refractivity contribution in [2.45, 2.75) is 10.6 Å². The SMILES string of the molecule is Fc1c(Cl)cccc1CSc1ccccc1. The molecule has 0 nitrogen and oxygen atoms in total. The fourth-order valence-corrected chi connectivity index (χ4v) is 2.43. The molecule has 0 saturated heterocycles. The van der Waals surface area contributed by atoms with Crippen LogP contribution in [0.5, 0.6) is 0 Å². The number of thioether (sulfide) groups is 1. The highest BCUT2D eigenvalue weighted by Gasteiger charge is 2.06. The van der Waals surface area contributed by atoms with Gasteiger partial charge in [-0.3, -0.25) is 0 Å². The Morgan fingerprint density at radius 1 is 1.00 bits per heavy atom. The van der Waals surface area contributed by atoms with E-state index >= 15 is 0 Å². The van der Waals surface area contributed by atoms with E-state index in [9.17, 15) is 4.39 Å². The van der Waals surface area contributed by atoms with Gasteiger partial charge in [-0.15, -0.1) is 11.8 Å². The number of hydrogen-bond donors (Lipinski definition) is 0. The van der Waals surface area contributed by atoms with Crippen LogP contribution in [0.2, 0.25) is 5.02 Å². The summed E-state index contributed by atoms with van der Waals surface area (Å²) in [6, 6.07) is 15.0. The molecule has 2 aromatic carbocycles. The molecule has 0 N–H and O–H groups in total. The van der Waals surface area contributed by atoms with Crippen LogP contribution in [0.15, 0.2) is 53.4 Å². The van der Waals surface area contributed by atoms with Gasteiger partial charge in [-0.25, -0.2) is 4.39 Å². The second-order valence-corrected chi connectivity index (χ2v) is 4.77. The zero-order chi connectivity index (χ0) is 11.4. The van der Waals surface area contributed by atoms with Crippen LogP contribution in [0.4, 0.5) is 4.39 Å². The topological polar surface area (TPSA) is 0 Å². The predicted molar refractivity (Wildman–Crippen MR) is 67.4 cm³/mol. The summed E-state index contributed by atoms with van der Waals surface area (Å²) in [4.78, 5) is 1.13. The average Bonchev–Trinajstić information content (AvgIpc) is 2.32. The van der Waals surface area contributed by atoms with Gasteiger partial charge in [0, 0.05) is 10.6 Å². The molecule has 82 valence electrons. The van der Waals surface area contributed by atoms with Gasteiger partial charge < -0.3 is 0 Å². The van der Waals surface area contributed by atoms with Crippen molar-refractivity contribution in [2.75, 3.05) is 0 Å². The van der Waals surface area contributed by atoms with Gasteiger partial charge in [-0.05, 0) is 23.8 Å². The van der Waals surface area contributed by atoms with E-state index in [1.165, 1.54) is 0 Å². The van der Waals surface area contributed by atoms with E-state index in [1.807, 2.05) is 30.3 Å². The molecule has 16 heavy (non-hydrogen) atoms. The standard InChI is InChI=1S/C13H10ClFS/c14-12-8-4-5-10(13(12)15)9-16-11-6-2-1-3-7-11/h1-8H,9H2. The fourth-order valence-electron chi connectivity index (χ4n) is 1.34. The fraction of sp³-hybridized carbons (Fsp3) is 0.0769. The molecule has 0 fully saturated rings. The molecule has 0 aliphatic heterocycles. The third-order valence-corrected chi connectivity index (χ3v) is 3.52. The van der Waals surface area contributed by atoms with Crippen molar-refractivity contribution in [2.24, 2.45) is 0 Å². The summed E-state index contributed by atoms with van der Waals surface area (Å²) in [5.74, 6) is 0.281. The Hall–Kier alpha value is -0.990. The number of benzene rings is 2. The van der Waals surface area contributed by atoms with Crippen LogP contribution in [0, 0.1) is 5.82 Å². The summed E-state index contributed by atoms with van der Waals surface area (Å²) < 4.78 is 13.6. The Morgan fingerprint density at radius 3 is 2.50 bits per heavy atom. The maximum atomic E-state index is 13.6. The van der Waals surface area contributed by atoms with Gasteiger partial charge in [0.25, 0.3) is 0 Å². The lowest BCUT2D eigenvalue weighted by Gasteiger charge is -2.04. The molecule has 0 unspecified atom stereocenters. The first kappa shape index (κ1) is 11.5. The lowest BCUT2D eigenvalue weighted by molar-refractivity contribution is 0.618. The molecule has 2 aromatic rings. The van der Waals surface area contributed by atoms with Crippen LogP contribution < -0.4 is 0 Å². The summed E-state index contributed by atoms with van der Waals surface area (Å²) in [7, 11) is 0. The van der Waals surface area contributed by atoms with Crippen LogP contribution in [0.3, 0.4) is 0 Å². The van der Waals surface area contributed by atoms with E-state index in [1.54, 1.807) is 30.0 Å². The summed E-state index contributed by atoms with van der Waals surface area (Å²) >= 11 is 7.31. The molecular formula is C13H10ClFS. The zero-order valence-corrected chi connectivity index (χ0v) is 10.1. The molecule has 2 rings (SSSR count). The zero-order valence-electron chi connectivity index (χ0n) is 8.49. The van der Waals surface area contributed by atoms with Crippen molar-refractivity contribution < 1.29 is 4.39 Å². The van der Waals surface area contributed by atoms with Gasteiger partial charge in [0.15, 0.2) is 0 Å². The van der Waals surface area contributed by atoms with E-state index in [-0.39, 0.29) is 10.8 Å². The lowest BCUT2D eigenvalue weighted by Crippen LogP contribution is -1.88. The molecule has 0 heterocycles. The monoisotopic (exact) mass is 252 g/mol. The third-order valence-electron chi connectivity index (χ3n) is 2.17. The number of halogens is 2. The van der Waals surface area contributed by atoms with Crippen LogP contribution in [-0.2, 0) is 5.75 Å². The normalized spacial score (nSPS) is 10.4. The molecule has 0 atom stereocenters. The predicted octanol–water partition coefficient (Wildman–Crippen LogP) is 4.77. The van der Waals surface area contributed by atoms with E-state index in [0.717, 1.165) is 4.90 Å². The summed E-state index contributed by atoms with van der Waals surface area (Å²) in [6.45, 7) is 0. The molecule has 3 heteroatoms. The summed E-state index contributed by atoms with van der Waals surface area (Å²) in [5.41, 5.74) is 0.640. The maximum Gasteiger partial charge on any atom is 0.145 e. The van der Waals surface area contributed by atoms with Crippen molar-refractivity contribution in [3.63, 3.8) is 0 Å². The maximum absolute atomic E-state index is 13.6. The molecule has 0 radical (unpaired) electrons. The van der Waals surface area contributed by atoms with Gasteiger partial charge in [-0.1, -0.05) is 41.9 Å². The molecule has 0 aliphatic rings. The molecule has 0 saturated carbocycles. The summed E-state index contributed by atoms with van der Waals surface area (Å²) in [5, 5.41) is 0.186. The smallest absolute Gasteiger partial charge is 0.145 e. The van der Waals surface area contributed by atoms with E-state index in [2.05, 4.69) is 0 Å². The minimum Gasteiger partial charge on any atom is -0.205 e. The second kappa shape index (κ2) is 5.37. The van der Waals surface area contributed by atoms with Crippen molar-refractivity contribution in [1.29, 1.82) is 0 Å². The van der Waals surface area contributed by atoms with Gasteiger partial charge in [0.1, 0.15) is 5.82 Å². The van der Waals surface area contributed by atoms with Gasteiger partial charge in [0.2, 0.25) is 0 Å². The van der Waals surface area contributed by atoms with E-state index in [4.69, 9.17) is 11.6 Å². The van der Waals surface area contributed by atoms with Crippen LogP contribution >= 0.6 is 23.4 Å². The average molecular weight is 253 g/mol. The van der Waals surface area contributed by atoms with Crippen LogP contribution in [-0.4, -0.2) is 0 Å². The Morgan fingerprint density at radius 2 is 1.75 bits per heavy atom. The second-order valence-electron chi connectivity index (χ2n) is 3.31. The van der Waals surface area contributed by atoms with Gasteiger partial charge >= 0.3 is 0 Å². The van der Waals surface area contributed by atoms with Gasteiger partial charge in [-0.2, -0.15) is 0 Å². The highest BCUT2D eigenvalue weighted by molar-refractivity contribution is 7.98. The third kappa shape index (κ3) is 2.77. The van der Waals surface area contributed by atoms with Crippen molar-refractivity contribution in [1.82, 2.24) is 0 Å². The molecule has 0 aromatic heterocycles. The van der Waals surface area contributed by atoms with Crippen LogP contribution in [0.1, 0.15) is 5.56 Å². The van der Waals surface area contributed by atoms with E-state index < -0.39 is 0 Å². The molecule has 0 amide bonds. The Bertz CT molecular complexity index is 471. The van der Waals surface area contributed by atoms with Crippen LogP contribution in [0.25, 0.3) is 0 Å². The molecule has 0 bridgehead atoms. The van der Waals surface area contributed by atoms with Crippen molar-refractivity contribution in [3.8, 4) is 0 Å². The first-order valence-electron chi connectivity index (χ1n) is 4.88. The highest BCUT2D eigenvalue weighted by Crippen LogP contribution is 2.26. The minimum absolute atomic E-state index is 0.186. The van der Waals surface area contributed by atoms with E-state index in [0.29, 0.717) is 11.3 Å². The Labute approximate surface area is 103 Å². The Kier molecular flexibility index (Phi) is 3.86. The summed E-state index contributed by atoms with van der Waals surface area (Å²) in [6.07, 6.45) is 0.